The molecule has 0 atom stereocenters. The van der Waals surface area contributed by atoms with Gasteiger partial charge >= 0.3 is 0 Å². The minimum Gasteiger partial charge on any atom is -0.395 e. The first-order valence-corrected chi connectivity index (χ1v) is 24.2. The summed E-state index contributed by atoms with van der Waals surface area (Å²) in [5.41, 5.74) is 0.264. The normalized spacial score (nSPS) is 14.1. The lowest BCUT2D eigenvalue weighted by Gasteiger charge is -2.24. The second-order valence-electron chi connectivity index (χ2n) is 17.3. The van der Waals surface area contributed by atoms with Gasteiger partial charge in [0.1, 0.15) is 0 Å². The second kappa shape index (κ2) is 37.7. The van der Waals surface area contributed by atoms with Crippen LogP contribution in [0.25, 0.3) is 0 Å². The Hall–Kier alpha value is -0.160. The summed E-state index contributed by atoms with van der Waals surface area (Å²) in [5.74, 6) is 0.889. The number of rotatable bonds is 44. The monoisotopic (exact) mass is 736 g/mol. The van der Waals surface area contributed by atoms with Crippen LogP contribution in [0.15, 0.2) is 0 Å². The number of hydrogen-bond donors (Lipinski definition) is 1. The van der Waals surface area contributed by atoms with Crippen LogP contribution in [0.3, 0.4) is 0 Å². The molecule has 0 aromatic carbocycles. The summed E-state index contributed by atoms with van der Waals surface area (Å²) in [7, 11) is 0. The van der Waals surface area contributed by atoms with Crippen molar-refractivity contribution in [3.05, 3.63) is 0 Å². The van der Waals surface area contributed by atoms with Gasteiger partial charge in [-0.05, 0) is 76.8 Å². The third-order valence-electron chi connectivity index (χ3n) is 12.1. The second-order valence-corrected chi connectivity index (χ2v) is 17.3. The molecule has 1 saturated carbocycles. The van der Waals surface area contributed by atoms with Crippen LogP contribution in [0.2, 0.25) is 0 Å². The van der Waals surface area contributed by atoms with E-state index in [0.717, 1.165) is 38.8 Å². The molecule has 0 unspecified atom stereocenters. The highest BCUT2D eigenvalue weighted by molar-refractivity contribution is 4.97. The van der Waals surface area contributed by atoms with Gasteiger partial charge in [-0.25, -0.2) is 0 Å². The largest absolute Gasteiger partial charge is 0.395 e. The number of nitrogens with zero attached hydrogens (tertiary/aromatic N) is 1. The van der Waals surface area contributed by atoms with Crippen LogP contribution in [-0.2, 0) is 9.47 Å². The van der Waals surface area contributed by atoms with Crippen molar-refractivity contribution in [2.75, 3.05) is 39.5 Å². The zero-order valence-corrected chi connectivity index (χ0v) is 36.4. The molecular formula is C48H97NO3. The number of aliphatic hydroxyl groups excluding tert-OH is 1. The highest BCUT2D eigenvalue weighted by Gasteiger charge is 2.44. The molecule has 1 aliphatic carbocycles. The lowest BCUT2D eigenvalue weighted by molar-refractivity contribution is 0.0109. The van der Waals surface area contributed by atoms with Crippen LogP contribution in [0.5, 0.6) is 0 Å². The Balaban J connectivity index is 2.06. The third-order valence-corrected chi connectivity index (χ3v) is 12.1. The van der Waals surface area contributed by atoms with Gasteiger partial charge in [-0.15, -0.1) is 0 Å². The lowest BCUT2D eigenvalue weighted by Crippen LogP contribution is -2.29. The summed E-state index contributed by atoms with van der Waals surface area (Å²) < 4.78 is 13.0. The molecule has 0 radical (unpaired) electrons. The lowest BCUT2D eigenvalue weighted by atomic mass is 9.89. The molecule has 0 heterocycles. The molecule has 1 fully saturated rings. The fraction of sp³-hybridized carbons (Fsp3) is 1.00. The van der Waals surface area contributed by atoms with Gasteiger partial charge in [0, 0.05) is 19.8 Å². The highest BCUT2D eigenvalue weighted by Crippen LogP contribution is 2.46. The van der Waals surface area contributed by atoms with E-state index in [0.29, 0.717) is 6.10 Å². The Bertz CT molecular complexity index is 673. The first-order valence-electron chi connectivity index (χ1n) is 24.2. The molecule has 0 aliphatic heterocycles. The maximum Gasteiger partial charge on any atom is 0.0687 e. The summed E-state index contributed by atoms with van der Waals surface area (Å²) in [4.78, 5) is 2.51. The molecule has 0 spiro atoms. The maximum absolute atomic E-state index is 9.63. The van der Waals surface area contributed by atoms with Crippen LogP contribution < -0.4 is 0 Å². The van der Waals surface area contributed by atoms with Crippen molar-refractivity contribution in [3.63, 3.8) is 0 Å². The predicted molar refractivity (Wildman–Crippen MR) is 230 cm³/mol. The van der Waals surface area contributed by atoms with Gasteiger partial charge in [0.2, 0.25) is 0 Å². The van der Waals surface area contributed by atoms with E-state index < -0.39 is 0 Å². The van der Waals surface area contributed by atoms with Crippen molar-refractivity contribution >= 4 is 0 Å². The average Bonchev–Trinajstić information content (AvgIpc) is 3.92. The van der Waals surface area contributed by atoms with Crippen molar-refractivity contribution < 1.29 is 14.6 Å². The maximum atomic E-state index is 9.63. The SMILES string of the molecule is CCCCCCCCC(CCCCCCCC)OCCCCCCCCN(CCO)CCCCCCCCOC1(CC(CCCC)CCCC)CC1. The Morgan fingerprint density at radius 1 is 0.462 bits per heavy atom. The molecule has 52 heavy (non-hydrogen) atoms. The Morgan fingerprint density at radius 2 is 0.885 bits per heavy atom. The Morgan fingerprint density at radius 3 is 1.35 bits per heavy atom. The standard InChI is InChI=1S/C48H97NO3/c1-5-9-13-15-21-27-35-47(36-28-22-16-14-10-6-2)51-43-31-25-19-17-23-29-39-49(41-42-50)40-30-24-18-20-26-32-44-52-48(37-38-48)45-46(33-11-7-3)34-12-8-4/h46-47,50H,5-45H2,1-4H3. The fourth-order valence-corrected chi connectivity index (χ4v) is 8.33. The van der Waals surface area contributed by atoms with E-state index in [9.17, 15) is 5.11 Å². The number of ether oxygens (including phenoxy) is 2. The molecule has 0 bridgehead atoms. The molecule has 0 amide bonds. The van der Waals surface area contributed by atoms with Crippen LogP contribution in [0.4, 0.5) is 0 Å². The van der Waals surface area contributed by atoms with Crippen LogP contribution in [-0.4, -0.2) is 61.2 Å². The average molecular weight is 736 g/mol. The number of aliphatic hydroxyl groups is 1. The van der Waals surface area contributed by atoms with Gasteiger partial charge in [-0.2, -0.15) is 0 Å². The van der Waals surface area contributed by atoms with Crippen LogP contribution >= 0.6 is 0 Å². The fourth-order valence-electron chi connectivity index (χ4n) is 8.33. The third kappa shape index (κ3) is 31.1. The van der Waals surface area contributed by atoms with E-state index in [1.54, 1.807) is 0 Å². The van der Waals surface area contributed by atoms with Gasteiger partial charge in [0.05, 0.1) is 18.3 Å². The zero-order valence-electron chi connectivity index (χ0n) is 36.4. The first kappa shape index (κ1) is 49.9. The van der Waals surface area contributed by atoms with E-state index in [1.165, 1.54) is 225 Å². The van der Waals surface area contributed by atoms with E-state index in [2.05, 4.69) is 32.6 Å². The molecular weight excluding hydrogens is 639 g/mol. The smallest absolute Gasteiger partial charge is 0.0687 e. The Labute approximate surface area is 328 Å². The summed E-state index contributed by atoms with van der Waals surface area (Å²) in [6, 6.07) is 0. The van der Waals surface area contributed by atoms with Crippen molar-refractivity contribution in [1.29, 1.82) is 0 Å². The van der Waals surface area contributed by atoms with E-state index in [1.807, 2.05) is 0 Å². The molecule has 312 valence electrons. The van der Waals surface area contributed by atoms with Gasteiger partial charge in [-0.3, -0.25) is 0 Å². The summed E-state index contributed by atoms with van der Waals surface area (Å²) >= 11 is 0. The number of unbranched alkanes of at least 4 members (excludes halogenated alkanes) is 22. The van der Waals surface area contributed by atoms with Crippen molar-refractivity contribution in [3.8, 4) is 0 Å². The highest BCUT2D eigenvalue weighted by atomic mass is 16.5. The predicted octanol–water partition coefficient (Wildman–Crippen LogP) is 14.8. The summed E-state index contributed by atoms with van der Waals surface area (Å²) in [6.45, 7) is 14.6. The Kier molecular flexibility index (Phi) is 36.2. The zero-order chi connectivity index (χ0) is 37.6. The topological polar surface area (TPSA) is 41.9 Å². The van der Waals surface area contributed by atoms with Gasteiger partial charge in [0.15, 0.2) is 0 Å². The van der Waals surface area contributed by atoms with Gasteiger partial charge < -0.3 is 19.5 Å². The van der Waals surface area contributed by atoms with Gasteiger partial charge in [-0.1, -0.05) is 195 Å². The minimum absolute atomic E-state index is 0.264. The molecule has 1 rings (SSSR count). The molecule has 0 saturated heterocycles. The molecule has 0 aromatic rings. The first-order chi connectivity index (χ1) is 25.6. The molecule has 1 aliphatic rings. The van der Waals surface area contributed by atoms with E-state index in [-0.39, 0.29) is 12.2 Å². The van der Waals surface area contributed by atoms with Crippen molar-refractivity contribution in [1.82, 2.24) is 4.90 Å². The molecule has 0 aromatic heterocycles. The van der Waals surface area contributed by atoms with Crippen LogP contribution in [0.1, 0.15) is 252 Å². The van der Waals surface area contributed by atoms with E-state index in [4.69, 9.17) is 9.47 Å². The number of hydrogen-bond acceptors (Lipinski definition) is 4. The summed E-state index contributed by atoms with van der Waals surface area (Å²) in [5, 5.41) is 9.63. The molecule has 4 nitrogen and oxygen atoms in total. The van der Waals surface area contributed by atoms with Crippen LogP contribution in [0, 0.1) is 5.92 Å². The van der Waals surface area contributed by atoms with Crippen molar-refractivity contribution in [2.24, 2.45) is 5.92 Å². The summed E-state index contributed by atoms with van der Waals surface area (Å²) in [6.07, 6.45) is 47.5. The molecule has 4 heteroatoms. The molecule has 1 N–H and O–H groups in total. The van der Waals surface area contributed by atoms with E-state index >= 15 is 0 Å². The van der Waals surface area contributed by atoms with Gasteiger partial charge in [0.25, 0.3) is 0 Å². The van der Waals surface area contributed by atoms with Crippen molar-refractivity contribution in [2.45, 2.75) is 264 Å². The minimum atomic E-state index is 0.264. The quantitative estimate of drug-likeness (QED) is 0.0633.